The van der Waals surface area contributed by atoms with Crippen molar-refractivity contribution in [3.8, 4) is 10.4 Å². The van der Waals surface area contributed by atoms with E-state index in [0.717, 1.165) is 19.4 Å². The molecule has 0 bridgehead atoms. The minimum atomic E-state index is -0.406. The fourth-order valence-electron chi connectivity index (χ4n) is 1.48. The zero-order valence-electron chi connectivity index (χ0n) is 9.37. The van der Waals surface area contributed by atoms with E-state index < -0.39 is 5.97 Å². The van der Waals surface area contributed by atoms with Gasteiger partial charge < -0.3 is 10.5 Å². The molecule has 0 aliphatic carbocycles. The maximum Gasteiger partial charge on any atom is 0.350 e. The molecule has 0 spiro atoms. The van der Waals surface area contributed by atoms with Crippen molar-refractivity contribution in [2.24, 2.45) is 0 Å². The van der Waals surface area contributed by atoms with Crippen molar-refractivity contribution >= 4 is 54.9 Å². The van der Waals surface area contributed by atoms with Gasteiger partial charge in [-0.25, -0.2) is 4.79 Å². The second-order valence-corrected chi connectivity index (χ2v) is 6.33. The number of carbonyl (C=O) groups excluding carboxylic acids is 1. The molecule has 1 aromatic heterocycles. The molecule has 0 atom stereocenters. The van der Waals surface area contributed by atoms with Crippen molar-refractivity contribution in [1.29, 1.82) is 0 Å². The van der Waals surface area contributed by atoms with Gasteiger partial charge in [-0.1, -0.05) is 37.9 Å². The van der Waals surface area contributed by atoms with Crippen LogP contribution < -0.4 is 5.73 Å². The van der Waals surface area contributed by atoms with E-state index in [1.165, 1.54) is 18.4 Å². The summed E-state index contributed by atoms with van der Waals surface area (Å²) in [7, 11) is 1.34. The first-order valence-electron chi connectivity index (χ1n) is 4.96. The topological polar surface area (TPSA) is 52.3 Å². The Morgan fingerprint density at radius 3 is 2.67 bits per heavy atom. The van der Waals surface area contributed by atoms with E-state index in [4.69, 9.17) is 5.73 Å². The Balaban J connectivity index is 2.49. The van der Waals surface area contributed by atoms with Crippen molar-refractivity contribution in [1.82, 2.24) is 0 Å². The van der Waals surface area contributed by atoms with E-state index >= 15 is 0 Å². The molecule has 94 valence electrons. The van der Waals surface area contributed by atoms with Crippen LogP contribution in [0.1, 0.15) is 9.67 Å². The standard InChI is InChI=1S/C12H9Br2NO2S/c1-17-12(16)11-9(15)5-10(18-11)7-3-2-6(13)4-8(7)14/h2-5H,15H2,1H3. The zero-order valence-corrected chi connectivity index (χ0v) is 13.4. The summed E-state index contributed by atoms with van der Waals surface area (Å²) in [5.41, 5.74) is 7.25. The van der Waals surface area contributed by atoms with Crippen LogP contribution in [0.4, 0.5) is 5.69 Å². The van der Waals surface area contributed by atoms with Crippen LogP contribution in [-0.2, 0) is 4.74 Å². The number of rotatable bonds is 2. The molecule has 0 unspecified atom stereocenters. The van der Waals surface area contributed by atoms with Crippen molar-refractivity contribution in [2.75, 3.05) is 12.8 Å². The van der Waals surface area contributed by atoms with Crippen LogP contribution in [0.5, 0.6) is 0 Å². The quantitative estimate of drug-likeness (QED) is 0.777. The Bertz CT molecular complexity index is 610. The van der Waals surface area contributed by atoms with Gasteiger partial charge in [0.15, 0.2) is 0 Å². The molecular weight excluding hydrogens is 382 g/mol. The van der Waals surface area contributed by atoms with Crippen molar-refractivity contribution < 1.29 is 9.53 Å². The molecular formula is C12H9Br2NO2S. The molecule has 6 heteroatoms. The molecule has 2 aromatic rings. The highest BCUT2D eigenvalue weighted by molar-refractivity contribution is 9.11. The third-order valence-electron chi connectivity index (χ3n) is 2.33. The number of esters is 1. The van der Waals surface area contributed by atoms with Crippen LogP contribution in [0.25, 0.3) is 10.4 Å². The average Bonchev–Trinajstić information content (AvgIpc) is 2.70. The number of nitrogen functional groups attached to an aromatic ring is 1. The maximum absolute atomic E-state index is 11.5. The number of hydrogen-bond acceptors (Lipinski definition) is 4. The Kier molecular flexibility index (Phi) is 4.09. The predicted octanol–water partition coefficient (Wildman–Crippen LogP) is 4.31. The second-order valence-electron chi connectivity index (χ2n) is 3.51. The summed E-state index contributed by atoms with van der Waals surface area (Å²) in [6.07, 6.45) is 0. The number of nitrogens with two attached hydrogens (primary N) is 1. The third-order valence-corrected chi connectivity index (χ3v) is 4.64. The lowest BCUT2D eigenvalue weighted by molar-refractivity contribution is 0.0607. The SMILES string of the molecule is COC(=O)c1sc(-c2ccc(Br)cc2Br)cc1N. The van der Waals surface area contributed by atoms with Crippen molar-refractivity contribution in [3.63, 3.8) is 0 Å². The highest BCUT2D eigenvalue weighted by Crippen LogP contribution is 2.38. The normalized spacial score (nSPS) is 10.4. The van der Waals surface area contributed by atoms with E-state index in [-0.39, 0.29) is 0 Å². The second kappa shape index (κ2) is 5.42. The van der Waals surface area contributed by atoms with E-state index in [1.807, 2.05) is 18.2 Å². The van der Waals surface area contributed by atoms with E-state index in [0.29, 0.717) is 10.6 Å². The average molecular weight is 391 g/mol. The van der Waals surface area contributed by atoms with Crippen LogP contribution >= 0.6 is 43.2 Å². The number of carbonyl (C=O) groups is 1. The molecule has 0 aliphatic rings. The summed E-state index contributed by atoms with van der Waals surface area (Å²) in [6.45, 7) is 0. The lowest BCUT2D eigenvalue weighted by Gasteiger charge is -2.01. The van der Waals surface area contributed by atoms with Gasteiger partial charge in [0.25, 0.3) is 0 Å². The molecule has 1 heterocycles. The van der Waals surface area contributed by atoms with Gasteiger partial charge in [0.05, 0.1) is 12.8 Å². The highest BCUT2D eigenvalue weighted by Gasteiger charge is 2.16. The van der Waals surface area contributed by atoms with Gasteiger partial charge in [0.1, 0.15) is 4.88 Å². The highest BCUT2D eigenvalue weighted by atomic mass is 79.9. The van der Waals surface area contributed by atoms with E-state index in [2.05, 4.69) is 36.6 Å². The van der Waals surface area contributed by atoms with Gasteiger partial charge in [-0.2, -0.15) is 0 Å². The number of halogens is 2. The summed E-state index contributed by atoms with van der Waals surface area (Å²) in [4.78, 5) is 12.9. The molecule has 0 radical (unpaired) electrons. The summed E-state index contributed by atoms with van der Waals surface area (Å²) >= 11 is 8.21. The summed E-state index contributed by atoms with van der Waals surface area (Å²) in [5.74, 6) is -0.406. The first kappa shape index (κ1) is 13.6. The Hall–Kier alpha value is -0.850. The molecule has 3 nitrogen and oxygen atoms in total. The first-order valence-corrected chi connectivity index (χ1v) is 7.36. The third kappa shape index (κ3) is 2.60. The van der Waals surface area contributed by atoms with Gasteiger partial charge in [-0.15, -0.1) is 11.3 Å². The number of hydrogen-bond donors (Lipinski definition) is 1. The van der Waals surface area contributed by atoms with Crippen LogP contribution in [0, 0.1) is 0 Å². The van der Waals surface area contributed by atoms with E-state index in [9.17, 15) is 4.79 Å². The molecule has 2 N–H and O–H groups in total. The smallest absolute Gasteiger partial charge is 0.350 e. The summed E-state index contributed by atoms with van der Waals surface area (Å²) in [6, 6.07) is 7.63. The zero-order chi connectivity index (χ0) is 13.3. The molecule has 0 aliphatic heterocycles. The van der Waals surface area contributed by atoms with Crippen molar-refractivity contribution in [2.45, 2.75) is 0 Å². The molecule has 18 heavy (non-hydrogen) atoms. The van der Waals surface area contributed by atoms with Crippen molar-refractivity contribution in [3.05, 3.63) is 38.1 Å². The van der Waals surface area contributed by atoms with Gasteiger partial charge in [0, 0.05) is 19.4 Å². The molecule has 2 rings (SSSR count). The monoisotopic (exact) mass is 389 g/mol. The van der Waals surface area contributed by atoms with E-state index in [1.54, 1.807) is 6.07 Å². The number of ether oxygens (including phenoxy) is 1. The Labute approximate surface area is 125 Å². The molecule has 0 saturated carbocycles. The summed E-state index contributed by atoms with van der Waals surface area (Å²) in [5, 5.41) is 0. The van der Waals surface area contributed by atoms with Crippen LogP contribution in [0.15, 0.2) is 33.2 Å². The Morgan fingerprint density at radius 1 is 1.33 bits per heavy atom. The van der Waals surface area contributed by atoms with Crippen LogP contribution in [0.2, 0.25) is 0 Å². The first-order chi connectivity index (χ1) is 8.52. The summed E-state index contributed by atoms with van der Waals surface area (Å²) < 4.78 is 6.61. The van der Waals surface area contributed by atoms with Gasteiger partial charge >= 0.3 is 5.97 Å². The fraction of sp³-hybridized carbons (Fsp3) is 0.0833. The number of thiophene rings is 1. The minimum absolute atomic E-state index is 0.406. The molecule has 0 fully saturated rings. The largest absolute Gasteiger partial charge is 0.465 e. The molecule has 1 aromatic carbocycles. The number of methoxy groups -OCH3 is 1. The van der Waals surface area contributed by atoms with Crippen LogP contribution in [0.3, 0.4) is 0 Å². The number of anilines is 1. The minimum Gasteiger partial charge on any atom is -0.465 e. The number of benzene rings is 1. The van der Waals surface area contributed by atoms with Gasteiger partial charge in [0.2, 0.25) is 0 Å². The van der Waals surface area contributed by atoms with Gasteiger partial charge in [-0.3, -0.25) is 0 Å². The molecule has 0 amide bonds. The van der Waals surface area contributed by atoms with Gasteiger partial charge in [-0.05, 0) is 18.2 Å². The lowest BCUT2D eigenvalue weighted by Crippen LogP contribution is -2.00. The predicted molar refractivity (Wildman–Crippen MR) is 80.9 cm³/mol. The lowest BCUT2D eigenvalue weighted by atomic mass is 10.2. The maximum atomic E-state index is 11.5. The Morgan fingerprint density at radius 2 is 2.06 bits per heavy atom. The molecule has 0 saturated heterocycles. The van der Waals surface area contributed by atoms with Crippen LogP contribution in [-0.4, -0.2) is 13.1 Å². The fourth-order valence-corrected chi connectivity index (χ4v) is 3.91.